The van der Waals surface area contributed by atoms with Gasteiger partial charge in [0.1, 0.15) is 11.7 Å². The van der Waals surface area contributed by atoms with Crippen LogP contribution in [-0.2, 0) is 6.54 Å². The number of anilines is 1. The van der Waals surface area contributed by atoms with E-state index in [1.165, 1.54) is 25.7 Å². The number of para-hydroxylation sites is 1. The monoisotopic (exact) mass is 477 g/mol. The van der Waals surface area contributed by atoms with E-state index in [0.717, 1.165) is 34.3 Å². The SMILES string of the molecule is CC(C)N(/C(NCc1ccc(C(N)=O)cc1)=C1\CSCN(C2CCCC2)C1=N)c1ccccc1. The van der Waals surface area contributed by atoms with E-state index in [1.807, 2.05) is 30.0 Å². The quantitative estimate of drug-likeness (QED) is 0.502. The van der Waals surface area contributed by atoms with E-state index in [4.69, 9.17) is 5.73 Å². The van der Waals surface area contributed by atoms with Gasteiger partial charge in [0.25, 0.3) is 0 Å². The van der Waals surface area contributed by atoms with Crippen molar-refractivity contribution in [1.29, 1.82) is 5.41 Å². The number of carbonyl (C=O) groups excluding carboxylic acids is 1. The lowest BCUT2D eigenvalue weighted by atomic mass is 10.1. The van der Waals surface area contributed by atoms with E-state index < -0.39 is 5.91 Å². The molecule has 1 heterocycles. The summed E-state index contributed by atoms with van der Waals surface area (Å²) >= 11 is 1.89. The summed E-state index contributed by atoms with van der Waals surface area (Å²) in [6.07, 6.45) is 4.87. The van der Waals surface area contributed by atoms with Gasteiger partial charge in [0.2, 0.25) is 5.91 Å². The first-order chi connectivity index (χ1) is 16.5. The first-order valence-corrected chi connectivity index (χ1v) is 13.2. The highest BCUT2D eigenvalue weighted by Crippen LogP contribution is 2.33. The fraction of sp³-hybridized carbons (Fsp3) is 0.407. The van der Waals surface area contributed by atoms with Crippen LogP contribution in [-0.4, -0.2) is 40.4 Å². The maximum absolute atomic E-state index is 11.4. The molecule has 1 saturated heterocycles. The van der Waals surface area contributed by atoms with Gasteiger partial charge in [-0.05, 0) is 56.5 Å². The van der Waals surface area contributed by atoms with Gasteiger partial charge < -0.3 is 20.9 Å². The van der Waals surface area contributed by atoms with E-state index in [9.17, 15) is 10.2 Å². The van der Waals surface area contributed by atoms with Crippen molar-refractivity contribution >= 4 is 29.2 Å². The number of amides is 1. The number of nitrogens with one attached hydrogen (secondary N) is 2. The number of amidine groups is 1. The summed E-state index contributed by atoms with van der Waals surface area (Å²) in [5.74, 6) is 2.92. The van der Waals surface area contributed by atoms with Crippen LogP contribution in [0.5, 0.6) is 0 Å². The molecule has 4 rings (SSSR count). The van der Waals surface area contributed by atoms with E-state index >= 15 is 0 Å². The van der Waals surface area contributed by atoms with Crippen LogP contribution in [0.4, 0.5) is 5.69 Å². The van der Waals surface area contributed by atoms with Gasteiger partial charge in [-0.25, -0.2) is 0 Å². The molecule has 1 saturated carbocycles. The molecule has 2 fully saturated rings. The van der Waals surface area contributed by atoms with Crippen LogP contribution in [0.25, 0.3) is 0 Å². The number of benzene rings is 2. The van der Waals surface area contributed by atoms with Crippen LogP contribution < -0.4 is 16.0 Å². The third-order valence-corrected chi connectivity index (χ3v) is 7.54. The maximum Gasteiger partial charge on any atom is 0.248 e. The first kappa shape index (κ1) is 24.2. The molecule has 1 aliphatic carbocycles. The first-order valence-electron chi connectivity index (χ1n) is 12.1. The van der Waals surface area contributed by atoms with Gasteiger partial charge in [0.15, 0.2) is 0 Å². The zero-order valence-corrected chi connectivity index (χ0v) is 20.9. The highest BCUT2D eigenvalue weighted by molar-refractivity contribution is 7.99. The third kappa shape index (κ3) is 5.41. The summed E-state index contributed by atoms with van der Waals surface area (Å²) in [7, 11) is 0. The average Bonchev–Trinajstić information content (AvgIpc) is 3.37. The van der Waals surface area contributed by atoms with Crippen molar-refractivity contribution in [3.8, 4) is 0 Å². The summed E-state index contributed by atoms with van der Waals surface area (Å²) in [6.45, 7) is 4.96. The number of thioether (sulfide) groups is 1. The average molecular weight is 478 g/mol. The number of nitrogens with two attached hydrogens (primary N) is 1. The van der Waals surface area contributed by atoms with E-state index in [0.29, 0.717) is 24.0 Å². The minimum Gasteiger partial charge on any atom is -0.367 e. The molecule has 180 valence electrons. The largest absolute Gasteiger partial charge is 0.367 e. The number of primary amides is 1. The molecule has 1 amide bonds. The van der Waals surface area contributed by atoms with Crippen molar-refractivity contribution in [3.05, 3.63) is 77.1 Å². The summed E-state index contributed by atoms with van der Waals surface area (Å²) in [5.41, 5.74) is 9.12. The number of rotatable bonds is 8. The Morgan fingerprint density at radius 1 is 1.15 bits per heavy atom. The fourth-order valence-electron chi connectivity index (χ4n) is 4.82. The van der Waals surface area contributed by atoms with Gasteiger partial charge in [-0.2, -0.15) is 0 Å². The lowest BCUT2D eigenvalue weighted by molar-refractivity contribution is 0.100. The molecule has 6 nitrogen and oxygen atoms in total. The molecule has 0 radical (unpaired) electrons. The van der Waals surface area contributed by atoms with Gasteiger partial charge in [0.05, 0.1) is 5.88 Å². The zero-order chi connectivity index (χ0) is 24.1. The smallest absolute Gasteiger partial charge is 0.248 e. The van der Waals surface area contributed by atoms with Crippen LogP contribution in [0.15, 0.2) is 66.0 Å². The molecule has 7 heteroatoms. The Morgan fingerprint density at radius 3 is 2.44 bits per heavy atom. The highest BCUT2D eigenvalue weighted by atomic mass is 32.2. The Morgan fingerprint density at radius 2 is 1.82 bits per heavy atom. The van der Waals surface area contributed by atoms with Crippen molar-refractivity contribution in [1.82, 2.24) is 10.2 Å². The van der Waals surface area contributed by atoms with E-state index in [2.05, 4.69) is 53.2 Å². The van der Waals surface area contributed by atoms with Gasteiger partial charge in [0, 0.05) is 41.2 Å². The predicted molar refractivity (Wildman–Crippen MR) is 142 cm³/mol. The second kappa shape index (κ2) is 11.0. The number of hydrogen-bond acceptors (Lipinski definition) is 5. The molecule has 2 aromatic rings. The standard InChI is InChI=1S/C27H35N5OS/c1-19(2)32(23-10-4-3-5-11-23)27(30-16-20-12-14-21(15-13-20)26(29)33)24-17-34-18-31(25(24)28)22-8-6-7-9-22/h3-5,10-15,19,22,28,30H,6-9,16-18H2,1-2H3,(H2,29,33)/b27-24+,28-25?. The fourth-order valence-corrected chi connectivity index (χ4v) is 5.93. The summed E-state index contributed by atoms with van der Waals surface area (Å²) in [6, 6.07) is 18.5. The van der Waals surface area contributed by atoms with Gasteiger partial charge in [-0.15, -0.1) is 11.8 Å². The molecular formula is C27H35N5OS. The molecular weight excluding hydrogens is 442 g/mol. The van der Waals surface area contributed by atoms with Gasteiger partial charge >= 0.3 is 0 Å². The normalized spacial score (nSPS) is 18.3. The summed E-state index contributed by atoms with van der Waals surface area (Å²) < 4.78 is 0. The Hall–Kier alpha value is -2.93. The van der Waals surface area contributed by atoms with Crippen molar-refractivity contribution in [2.75, 3.05) is 16.5 Å². The Kier molecular flexibility index (Phi) is 7.83. The van der Waals surface area contributed by atoms with Crippen molar-refractivity contribution in [2.45, 2.75) is 58.2 Å². The van der Waals surface area contributed by atoms with Gasteiger partial charge in [-0.3, -0.25) is 10.2 Å². The molecule has 4 N–H and O–H groups in total. The third-order valence-electron chi connectivity index (χ3n) is 6.59. The van der Waals surface area contributed by atoms with Crippen molar-refractivity contribution < 1.29 is 4.79 Å². The van der Waals surface area contributed by atoms with Gasteiger partial charge in [-0.1, -0.05) is 43.2 Å². The molecule has 2 aromatic carbocycles. The molecule has 0 atom stereocenters. The number of nitrogens with zero attached hydrogens (tertiary/aromatic N) is 2. The molecule has 2 aliphatic rings. The highest BCUT2D eigenvalue weighted by Gasteiger charge is 2.32. The van der Waals surface area contributed by atoms with Crippen LogP contribution in [0, 0.1) is 5.41 Å². The minimum atomic E-state index is -0.419. The Balaban J connectivity index is 1.69. The second-order valence-electron chi connectivity index (χ2n) is 9.28. The summed E-state index contributed by atoms with van der Waals surface area (Å²) in [5, 5.41) is 12.9. The van der Waals surface area contributed by atoms with E-state index in [-0.39, 0.29) is 6.04 Å². The minimum absolute atomic E-state index is 0.203. The zero-order valence-electron chi connectivity index (χ0n) is 20.1. The molecule has 0 unspecified atom stereocenters. The summed E-state index contributed by atoms with van der Waals surface area (Å²) in [4.78, 5) is 16.1. The van der Waals surface area contributed by atoms with Crippen LogP contribution >= 0.6 is 11.8 Å². The van der Waals surface area contributed by atoms with E-state index in [1.54, 1.807) is 12.1 Å². The Labute approximate surface area is 207 Å². The van der Waals surface area contributed by atoms with Crippen molar-refractivity contribution in [2.24, 2.45) is 5.73 Å². The molecule has 0 aromatic heterocycles. The topological polar surface area (TPSA) is 85.5 Å². The van der Waals surface area contributed by atoms with Crippen LogP contribution in [0.1, 0.15) is 55.5 Å². The number of carbonyl (C=O) groups is 1. The Bertz CT molecular complexity index is 1030. The molecule has 34 heavy (non-hydrogen) atoms. The maximum atomic E-state index is 11.4. The lowest BCUT2D eigenvalue weighted by Gasteiger charge is -2.39. The lowest BCUT2D eigenvalue weighted by Crippen LogP contribution is -2.46. The van der Waals surface area contributed by atoms with Crippen LogP contribution in [0.2, 0.25) is 0 Å². The van der Waals surface area contributed by atoms with Crippen molar-refractivity contribution in [3.63, 3.8) is 0 Å². The molecule has 0 spiro atoms. The second-order valence-corrected chi connectivity index (χ2v) is 10.2. The molecule has 0 bridgehead atoms. The molecule has 1 aliphatic heterocycles. The predicted octanol–water partition coefficient (Wildman–Crippen LogP) is 4.93. The van der Waals surface area contributed by atoms with Crippen LogP contribution in [0.3, 0.4) is 0 Å². The number of hydrogen-bond donors (Lipinski definition) is 3.